The second-order valence-corrected chi connectivity index (χ2v) is 9.17. The number of carboxylic acids is 1. The van der Waals surface area contributed by atoms with Crippen molar-refractivity contribution in [1.29, 1.82) is 0 Å². The minimum Gasteiger partial charge on any atom is -0.497 e. The molecule has 0 aliphatic heterocycles. The average Bonchev–Trinajstić information content (AvgIpc) is 2.84. The molecule has 4 rings (SSSR count). The third kappa shape index (κ3) is 5.13. The van der Waals surface area contributed by atoms with Crippen LogP contribution in [0, 0.1) is 5.92 Å². The molecule has 176 valence electrons. The largest absolute Gasteiger partial charge is 0.497 e. The molecule has 1 fully saturated rings. The minimum absolute atomic E-state index is 0.0335. The zero-order valence-electron chi connectivity index (χ0n) is 19.1. The van der Waals surface area contributed by atoms with E-state index in [1.54, 1.807) is 30.3 Å². The van der Waals surface area contributed by atoms with Gasteiger partial charge in [-0.15, -0.1) is 0 Å². The quantitative estimate of drug-likeness (QED) is 0.665. The van der Waals surface area contributed by atoms with Gasteiger partial charge in [0.15, 0.2) is 6.04 Å². The number of rotatable bonds is 7. The Hall–Kier alpha value is -3.09. The monoisotopic (exact) mass is 452 g/mol. The number of nitrogens with one attached hydrogen (secondary N) is 1. The van der Waals surface area contributed by atoms with Crippen LogP contribution in [0.5, 0.6) is 5.75 Å². The molecule has 1 atom stereocenters. The maximum absolute atomic E-state index is 13.5. The number of aliphatic carboxylic acids is 1. The number of carboxylic acid groups (broad SMARTS) is 1. The maximum atomic E-state index is 13.5. The molecule has 7 nitrogen and oxygen atoms in total. The van der Waals surface area contributed by atoms with Gasteiger partial charge >= 0.3 is 5.97 Å². The summed E-state index contributed by atoms with van der Waals surface area (Å²) in [6, 6.07) is 6.93. The van der Waals surface area contributed by atoms with Crippen LogP contribution < -0.4 is 15.6 Å². The molecule has 2 aliphatic rings. The van der Waals surface area contributed by atoms with Gasteiger partial charge in [-0.2, -0.15) is 0 Å². The van der Waals surface area contributed by atoms with E-state index in [1.165, 1.54) is 26.4 Å². The third-order valence-electron chi connectivity index (χ3n) is 6.98. The van der Waals surface area contributed by atoms with E-state index >= 15 is 0 Å². The number of carbonyl (C=O) groups excluding carboxylic acids is 1. The van der Waals surface area contributed by atoms with Crippen molar-refractivity contribution < 1.29 is 19.4 Å². The number of ether oxygens (including phenoxy) is 1. The zero-order valence-corrected chi connectivity index (χ0v) is 19.1. The van der Waals surface area contributed by atoms with Crippen molar-refractivity contribution in [3.63, 3.8) is 0 Å². The smallest absolute Gasteiger partial charge is 0.330 e. The van der Waals surface area contributed by atoms with E-state index < -0.39 is 17.9 Å². The maximum Gasteiger partial charge on any atom is 0.330 e. The molecular weight excluding hydrogens is 420 g/mol. The van der Waals surface area contributed by atoms with Crippen LogP contribution in [-0.4, -0.2) is 28.7 Å². The lowest BCUT2D eigenvalue weighted by molar-refractivity contribution is -0.139. The van der Waals surface area contributed by atoms with E-state index in [-0.39, 0.29) is 11.1 Å². The molecule has 2 aromatic rings. The highest BCUT2D eigenvalue weighted by molar-refractivity contribution is 5.96. The van der Waals surface area contributed by atoms with Gasteiger partial charge in [-0.3, -0.25) is 9.59 Å². The van der Waals surface area contributed by atoms with Crippen LogP contribution in [0.25, 0.3) is 0 Å². The van der Waals surface area contributed by atoms with E-state index in [9.17, 15) is 19.5 Å². The molecule has 1 aromatic carbocycles. The van der Waals surface area contributed by atoms with Crippen molar-refractivity contribution in [3.05, 3.63) is 63.1 Å². The van der Waals surface area contributed by atoms with Gasteiger partial charge in [0.25, 0.3) is 11.5 Å². The zero-order chi connectivity index (χ0) is 23.4. The van der Waals surface area contributed by atoms with Crippen molar-refractivity contribution in [3.8, 4) is 5.75 Å². The topological polar surface area (TPSA) is 97.6 Å². The predicted octanol–water partition coefficient (Wildman–Crippen LogP) is 3.87. The van der Waals surface area contributed by atoms with Crippen LogP contribution in [0.1, 0.15) is 78.2 Å². The number of benzene rings is 1. The minimum atomic E-state index is -1.26. The lowest BCUT2D eigenvalue weighted by atomic mass is 9.88. The molecule has 0 bridgehead atoms. The van der Waals surface area contributed by atoms with Gasteiger partial charge in [-0.05, 0) is 73.8 Å². The number of nitrogens with zero attached hydrogens (tertiary/aromatic N) is 1. The standard InChI is InChI=1S/C26H32N2O5/c1-33-20-13-11-18(12-14-20)23(26(31)32)27-24(29)21-15-19-9-5-6-10-22(19)28(25(21)30)16-17-7-3-2-4-8-17/h11-15,17,23H,2-10,16H2,1H3,(H,27,29)(H,31,32)/t23-/m1/s1. The molecule has 1 heterocycles. The number of carbonyl (C=O) groups is 2. The van der Waals surface area contributed by atoms with Gasteiger partial charge < -0.3 is 19.7 Å². The van der Waals surface area contributed by atoms with Crippen LogP contribution in [-0.2, 0) is 24.2 Å². The fourth-order valence-corrected chi connectivity index (χ4v) is 5.16. The van der Waals surface area contributed by atoms with Crippen LogP contribution >= 0.6 is 0 Å². The van der Waals surface area contributed by atoms with Crippen molar-refractivity contribution in [1.82, 2.24) is 9.88 Å². The Morgan fingerprint density at radius 3 is 2.45 bits per heavy atom. The Bertz CT molecular complexity index is 1070. The van der Waals surface area contributed by atoms with Gasteiger partial charge in [0.1, 0.15) is 11.3 Å². The average molecular weight is 453 g/mol. The first-order chi connectivity index (χ1) is 16.0. The lowest BCUT2D eigenvalue weighted by Gasteiger charge is -2.27. The number of hydrogen-bond donors (Lipinski definition) is 2. The van der Waals surface area contributed by atoms with E-state index in [1.807, 2.05) is 4.57 Å². The Morgan fingerprint density at radius 1 is 1.09 bits per heavy atom. The van der Waals surface area contributed by atoms with E-state index in [2.05, 4.69) is 5.32 Å². The van der Waals surface area contributed by atoms with E-state index in [0.29, 0.717) is 23.8 Å². The first kappa shape index (κ1) is 23.1. The Labute approximate surface area is 193 Å². The number of aromatic nitrogens is 1. The van der Waals surface area contributed by atoms with Crippen LogP contribution in [0.2, 0.25) is 0 Å². The number of aryl methyl sites for hydroxylation is 1. The summed E-state index contributed by atoms with van der Waals surface area (Å²) in [4.78, 5) is 38.6. The predicted molar refractivity (Wildman–Crippen MR) is 125 cm³/mol. The summed E-state index contributed by atoms with van der Waals surface area (Å²) in [5, 5.41) is 12.3. The fourth-order valence-electron chi connectivity index (χ4n) is 5.16. The Morgan fingerprint density at radius 2 is 1.79 bits per heavy atom. The molecule has 1 aromatic heterocycles. The molecule has 7 heteroatoms. The summed E-state index contributed by atoms with van der Waals surface area (Å²) in [5.41, 5.74) is 2.23. The molecule has 2 aliphatic carbocycles. The normalized spacial score (nSPS) is 17.1. The summed E-state index contributed by atoms with van der Waals surface area (Å²) in [5.74, 6) is -0.788. The number of pyridine rings is 1. The van der Waals surface area contributed by atoms with Gasteiger partial charge in [0.2, 0.25) is 0 Å². The molecular formula is C26H32N2O5. The molecule has 0 unspecified atom stereocenters. The van der Waals surface area contributed by atoms with E-state index in [0.717, 1.165) is 49.8 Å². The first-order valence-corrected chi connectivity index (χ1v) is 11.9. The highest BCUT2D eigenvalue weighted by atomic mass is 16.5. The van der Waals surface area contributed by atoms with Crippen molar-refractivity contribution >= 4 is 11.9 Å². The molecule has 0 radical (unpaired) electrons. The van der Waals surface area contributed by atoms with Gasteiger partial charge in [0, 0.05) is 12.2 Å². The van der Waals surface area contributed by atoms with Crippen molar-refractivity contribution in [2.75, 3.05) is 7.11 Å². The molecule has 0 spiro atoms. The summed E-state index contributed by atoms with van der Waals surface area (Å²) in [6.45, 7) is 0.642. The summed E-state index contributed by atoms with van der Waals surface area (Å²) in [6.07, 6.45) is 9.58. The lowest BCUT2D eigenvalue weighted by Crippen LogP contribution is -2.40. The Balaban J connectivity index is 1.65. The van der Waals surface area contributed by atoms with Crippen LogP contribution in [0.3, 0.4) is 0 Å². The fraction of sp³-hybridized carbons (Fsp3) is 0.500. The van der Waals surface area contributed by atoms with Crippen LogP contribution in [0.4, 0.5) is 0 Å². The summed E-state index contributed by atoms with van der Waals surface area (Å²) < 4.78 is 6.95. The Kier molecular flexibility index (Phi) is 7.16. The van der Waals surface area contributed by atoms with Crippen LogP contribution in [0.15, 0.2) is 35.1 Å². The second kappa shape index (κ2) is 10.2. The molecule has 0 saturated heterocycles. The second-order valence-electron chi connectivity index (χ2n) is 9.17. The van der Waals surface area contributed by atoms with Gasteiger partial charge in [-0.1, -0.05) is 31.4 Å². The van der Waals surface area contributed by atoms with Crippen molar-refractivity contribution in [2.24, 2.45) is 5.92 Å². The van der Waals surface area contributed by atoms with Gasteiger partial charge in [-0.25, -0.2) is 4.79 Å². The SMILES string of the molecule is COc1ccc([C@@H](NC(=O)c2cc3c(n(CC4CCCCC4)c2=O)CCCC3)C(=O)O)cc1. The highest BCUT2D eigenvalue weighted by Gasteiger charge is 2.27. The molecule has 2 N–H and O–H groups in total. The van der Waals surface area contributed by atoms with Crippen molar-refractivity contribution in [2.45, 2.75) is 70.4 Å². The third-order valence-corrected chi connectivity index (χ3v) is 6.98. The number of methoxy groups -OCH3 is 1. The molecule has 1 saturated carbocycles. The number of fused-ring (bicyclic) bond motifs is 1. The highest BCUT2D eigenvalue weighted by Crippen LogP contribution is 2.27. The summed E-state index contributed by atoms with van der Waals surface area (Å²) in [7, 11) is 1.53. The van der Waals surface area contributed by atoms with E-state index in [4.69, 9.17) is 4.74 Å². The van der Waals surface area contributed by atoms with Gasteiger partial charge in [0.05, 0.1) is 7.11 Å². The number of hydrogen-bond acceptors (Lipinski definition) is 4. The number of amides is 1. The molecule has 1 amide bonds. The summed E-state index contributed by atoms with van der Waals surface area (Å²) >= 11 is 0. The first-order valence-electron chi connectivity index (χ1n) is 11.9. The molecule has 33 heavy (non-hydrogen) atoms.